The van der Waals surface area contributed by atoms with Crippen LogP contribution in [0.3, 0.4) is 0 Å². The molecule has 2 nitrogen and oxygen atoms in total. The molecule has 0 saturated heterocycles. The molecule has 0 aromatic heterocycles. The fourth-order valence-corrected chi connectivity index (χ4v) is 2.12. The summed E-state index contributed by atoms with van der Waals surface area (Å²) >= 11 is 0. The predicted octanol–water partition coefficient (Wildman–Crippen LogP) is 3.64. The molecule has 0 atom stereocenters. The topological polar surface area (TPSA) is 40.5 Å². The molecule has 0 saturated carbocycles. The Morgan fingerprint density at radius 2 is 1.67 bits per heavy atom. The highest BCUT2D eigenvalue weighted by Crippen LogP contribution is 2.33. The van der Waals surface area contributed by atoms with Gasteiger partial charge in [-0.05, 0) is 23.6 Å². The SMILES string of the molecule is CCCc1ccc(O)c(Cc2ccccc2)c1O. The number of hydrogen-bond acceptors (Lipinski definition) is 2. The first-order chi connectivity index (χ1) is 8.72. The van der Waals surface area contributed by atoms with E-state index in [4.69, 9.17) is 0 Å². The Kier molecular flexibility index (Phi) is 3.88. The largest absolute Gasteiger partial charge is 0.508 e. The average molecular weight is 242 g/mol. The van der Waals surface area contributed by atoms with Gasteiger partial charge in [-0.1, -0.05) is 49.7 Å². The molecule has 0 heterocycles. The first-order valence-corrected chi connectivity index (χ1v) is 6.29. The Balaban J connectivity index is 2.34. The number of aromatic hydroxyl groups is 2. The van der Waals surface area contributed by atoms with Crippen molar-refractivity contribution in [2.45, 2.75) is 26.2 Å². The third-order valence-corrected chi connectivity index (χ3v) is 3.08. The minimum atomic E-state index is 0.163. The maximum Gasteiger partial charge on any atom is 0.125 e. The molecule has 2 aromatic rings. The van der Waals surface area contributed by atoms with E-state index < -0.39 is 0 Å². The zero-order valence-electron chi connectivity index (χ0n) is 10.6. The lowest BCUT2D eigenvalue weighted by molar-refractivity contribution is 0.435. The number of phenolic OH excluding ortho intramolecular Hbond substituents is 2. The van der Waals surface area contributed by atoms with Crippen molar-refractivity contribution in [1.29, 1.82) is 0 Å². The van der Waals surface area contributed by atoms with Crippen LogP contribution < -0.4 is 0 Å². The van der Waals surface area contributed by atoms with Crippen molar-refractivity contribution in [3.8, 4) is 11.5 Å². The Bertz CT molecular complexity index is 518. The van der Waals surface area contributed by atoms with E-state index >= 15 is 0 Å². The summed E-state index contributed by atoms with van der Waals surface area (Å²) in [5.74, 6) is 0.400. The summed E-state index contributed by atoms with van der Waals surface area (Å²) in [6, 6.07) is 13.3. The second kappa shape index (κ2) is 5.58. The van der Waals surface area contributed by atoms with Crippen molar-refractivity contribution in [3.05, 3.63) is 59.2 Å². The van der Waals surface area contributed by atoms with Gasteiger partial charge in [0.25, 0.3) is 0 Å². The fourth-order valence-electron chi connectivity index (χ4n) is 2.12. The molecule has 0 aliphatic rings. The molecule has 0 unspecified atom stereocenters. The standard InChI is InChI=1S/C16H18O2/c1-2-6-13-9-10-15(17)14(16(13)18)11-12-7-4-3-5-8-12/h3-5,7-10,17-18H,2,6,11H2,1H3. The Labute approximate surface area is 108 Å². The van der Waals surface area contributed by atoms with E-state index in [0.29, 0.717) is 12.0 Å². The summed E-state index contributed by atoms with van der Waals surface area (Å²) < 4.78 is 0. The van der Waals surface area contributed by atoms with Crippen LogP contribution in [0.2, 0.25) is 0 Å². The summed E-state index contributed by atoms with van der Waals surface area (Å²) in [7, 11) is 0. The van der Waals surface area contributed by atoms with Gasteiger partial charge in [-0.25, -0.2) is 0 Å². The van der Waals surface area contributed by atoms with Crippen LogP contribution in [-0.2, 0) is 12.8 Å². The van der Waals surface area contributed by atoms with Crippen molar-refractivity contribution < 1.29 is 10.2 Å². The number of hydrogen-bond donors (Lipinski definition) is 2. The summed E-state index contributed by atoms with van der Waals surface area (Å²) in [4.78, 5) is 0. The number of aryl methyl sites for hydroxylation is 1. The number of benzene rings is 2. The summed E-state index contributed by atoms with van der Waals surface area (Å²) in [5, 5.41) is 20.1. The molecule has 0 amide bonds. The van der Waals surface area contributed by atoms with Gasteiger partial charge in [0, 0.05) is 12.0 Å². The minimum absolute atomic E-state index is 0.163. The molecule has 94 valence electrons. The van der Waals surface area contributed by atoms with E-state index in [1.165, 1.54) is 0 Å². The molecule has 2 aromatic carbocycles. The van der Waals surface area contributed by atoms with E-state index in [1.54, 1.807) is 12.1 Å². The van der Waals surface area contributed by atoms with Crippen LogP contribution in [0.25, 0.3) is 0 Å². The van der Waals surface area contributed by atoms with Crippen LogP contribution in [0.4, 0.5) is 0 Å². The molecule has 2 rings (SSSR count). The third kappa shape index (κ3) is 2.65. The Morgan fingerprint density at radius 3 is 2.33 bits per heavy atom. The molecular formula is C16H18O2. The van der Waals surface area contributed by atoms with Crippen LogP contribution in [0.5, 0.6) is 11.5 Å². The second-order valence-corrected chi connectivity index (χ2v) is 4.48. The highest BCUT2D eigenvalue weighted by molar-refractivity contribution is 5.50. The van der Waals surface area contributed by atoms with Gasteiger partial charge < -0.3 is 10.2 Å². The van der Waals surface area contributed by atoms with Gasteiger partial charge in [0.15, 0.2) is 0 Å². The summed E-state index contributed by atoms with van der Waals surface area (Å²) in [5.41, 5.74) is 2.60. The highest BCUT2D eigenvalue weighted by Gasteiger charge is 2.12. The van der Waals surface area contributed by atoms with E-state index in [-0.39, 0.29) is 11.5 Å². The first-order valence-electron chi connectivity index (χ1n) is 6.29. The monoisotopic (exact) mass is 242 g/mol. The Morgan fingerprint density at radius 1 is 0.944 bits per heavy atom. The molecule has 0 fully saturated rings. The van der Waals surface area contributed by atoms with Crippen molar-refractivity contribution in [2.24, 2.45) is 0 Å². The summed E-state index contributed by atoms with van der Waals surface area (Å²) in [6.45, 7) is 2.07. The summed E-state index contributed by atoms with van der Waals surface area (Å²) in [6.07, 6.45) is 2.35. The van der Waals surface area contributed by atoms with Gasteiger partial charge in [0.05, 0.1) is 0 Å². The highest BCUT2D eigenvalue weighted by atomic mass is 16.3. The van der Waals surface area contributed by atoms with Gasteiger partial charge in [0.2, 0.25) is 0 Å². The van der Waals surface area contributed by atoms with Gasteiger partial charge >= 0.3 is 0 Å². The van der Waals surface area contributed by atoms with Crippen molar-refractivity contribution in [3.63, 3.8) is 0 Å². The van der Waals surface area contributed by atoms with E-state index in [0.717, 1.165) is 24.0 Å². The maximum atomic E-state index is 10.2. The van der Waals surface area contributed by atoms with Crippen LogP contribution in [-0.4, -0.2) is 10.2 Å². The smallest absolute Gasteiger partial charge is 0.125 e. The quantitative estimate of drug-likeness (QED) is 0.859. The van der Waals surface area contributed by atoms with E-state index in [2.05, 4.69) is 6.92 Å². The van der Waals surface area contributed by atoms with Crippen molar-refractivity contribution in [1.82, 2.24) is 0 Å². The van der Waals surface area contributed by atoms with Crippen LogP contribution >= 0.6 is 0 Å². The van der Waals surface area contributed by atoms with E-state index in [9.17, 15) is 10.2 Å². The molecular weight excluding hydrogens is 224 g/mol. The normalized spacial score (nSPS) is 10.5. The molecule has 0 aliphatic carbocycles. The lowest BCUT2D eigenvalue weighted by Gasteiger charge is -2.11. The number of phenols is 2. The van der Waals surface area contributed by atoms with Gasteiger partial charge in [-0.2, -0.15) is 0 Å². The fraction of sp³-hybridized carbons (Fsp3) is 0.250. The second-order valence-electron chi connectivity index (χ2n) is 4.48. The maximum absolute atomic E-state index is 10.2. The average Bonchev–Trinajstić information content (AvgIpc) is 2.39. The van der Waals surface area contributed by atoms with Crippen LogP contribution in [0.15, 0.2) is 42.5 Å². The first kappa shape index (κ1) is 12.5. The molecule has 18 heavy (non-hydrogen) atoms. The lowest BCUT2D eigenvalue weighted by atomic mass is 9.98. The third-order valence-electron chi connectivity index (χ3n) is 3.08. The lowest BCUT2D eigenvalue weighted by Crippen LogP contribution is -1.94. The number of rotatable bonds is 4. The molecule has 2 N–H and O–H groups in total. The zero-order chi connectivity index (χ0) is 13.0. The zero-order valence-corrected chi connectivity index (χ0v) is 10.6. The van der Waals surface area contributed by atoms with Gasteiger partial charge in [-0.15, -0.1) is 0 Å². The van der Waals surface area contributed by atoms with Gasteiger partial charge in [0.1, 0.15) is 11.5 Å². The van der Waals surface area contributed by atoms with Gasteiger partial charge in [-0.3, -0.25) is 0 Å². The van der Waals surface area contributed by atoms with Crippen molar-refractivity contribution in [2.75, 3.05) is 0 Å². The van der Waals surface area contributed by atoms with Crippen molar-refractivity contribution >= 4 is 0 Å². The predicted molar refractivity (Wildman–Crippen MR) is 73.0 cm³/mol. The molecule has 0 spiro atoms. The molecule has 0 bridgehead atoms. The van der Waals surface area contributed by atoms with Crippen LogP contribution in [0.1, 0.15) is 30.0 Å². The van der Waals surface area contributed by atoms with E-state index in [1.807, 2.05) is 30.3 Å². The minimum Gasteiger partial charge on any atom is -0.508 e. The molecule has 2 heteroatoms. The van der Waals surface area contributed by atoms with Crippen LogP contribution in [0, 0.1) is 0 Å². The molecule has 0 aliphatic heterocycles. The Hall–Kier alpha value is -1.96. The molecule has 0 radical (unpaired) electrons.